The minimum absolute atomic E-state index is 0.00297. The second-order valence-electron chi connectivity index (χ2n) is 8.56. The molecule has 1 aliphatic heterocycles. The highest BCUT2D eigenvalue weighted by Crippen LogP contribution is 2.31. The van der Waals surface area contributed by atoms with Gasteiger partial charge in [0.2, 0.25) is 5.88 Å². The molecule has 180 valence electrons. The molecule has 3 aromatic rings. The minimum atomic E-state index is -0.472. The monoisotopic (exact) mass is 495 g/mol. The number of benzene rings is 2. The average molecular weight is 496 g/mol. The number of rotatable bonds is 8. The number of ether oxygens (including phenoxy) is 3. The van der Waals surface area contributed by atoms with Crippen LogP contribution in [0.2, 0.25) is 5.02 Å². The van der Waals surface area contributed by atoms with Gasteiger partial charge in [-0.05, 0) is 55.3 Å². The zero-order valence-electron chi connectivity index (χ0n) is 18.9. The van der Waals surface area contributed by atoms with Crippen LogP contribution in [0.4, 0.5) is 8.78 Å². The van der Waals surface area contributed by atoms with Crippen LogP contribution < -0.4 is 9.47 Å². The largest absolute Gasteiger partial charge is 0.483 e. The van der Waals surface area contributed by atoms with Gasteiger partial charge in [0.25, 0.3) is 0 Å². The molecule has 0 spiro atoms. The molecule has 0 bridgehead atoms. The Morgan fingerprint density at radius 1 is 1.00 bits per heavy atom. The molecule has 0 radical (unpaired) electrons. The Morgan fingerprint density at radius 3 is 2.63 bits per heavy atom. The van der Waals surface area contributed by atoms with Crippen molar-refractivity contribution < 1.29 is 23.0 Å². The van der Waals surface area contributed by atoms with Crippen LogP contribution in [0.5, 0.6) is 11.6 Å². The van der Waals surface area contributed by atoms with E-state index in [-0.39, 0.29) is 30.5 Å². The van der Waals surface area contributed by atoms with Gasteiger partial charge in [-0.25, -0.2) is 13.8 Å². The molecule has 2 unspecified atom stereocenters. The number of allylic oxidation sites excluding steroid dienone is 2. The van der Waals surface area contributed by atoms with Crippen LogP contribution in [0.3, 0.4) is 0 Å². The molecule has 1 aromatic heterocycles. The molecule has 35 heavy (non-hydrogen) atoms. The fraction of sp³-hybridized carbons (Fsp3) is 0.250. The summed E-state index contributed by atoms with van der Waals surface area (Å²) < 4.78 is 46.2. The maximum Gasteiger partial charge on any atom is 0.214 e. The SMILES string of the molecule is Fc1cc(Cl)ccc1COc1cccc(-c2ccc(OC3C=CC=C[C@@H]3CC3CCO3)c(F)c2)n1. The molecule has 1 aliphatic carbocycles. The summed E-state index contributed by atoms with van der Waals surface area (Å²) in [6.07, 6.45) is 9.83. The van der Waals surface area contributed by atoms with E-state index in [0.29, 0.717) is 27.7 Å². The highest BCUT2D eigenvalue weighted by Gasteiger charge is 2.28. The van der Waals surface area contributed by atoms with E-state index in [0.717, 1.165) is 19.4 Å². The van der Waals surface area contributed by atoms with E-state index in [4.69, 9.17) is 25.8 Å². The van der Waals surface area contributed by atoms with Crippen molar-refractivity contribution in [3.8, 4) is 22.9 Å². The first-order valence-corrected chi connectivity index (χ1v) is 11.9. The zero-order chi connectivity index (χ0) is 24.2. The fourth-order valence-corrected chi connectivity index (χ4v) is 4.25. The van der Waals surface area contributed by atoms with Gasteiger partial charge in [0.15, 0.2) is 11.6 Å². The molecule has 3 atom stereocenters. The topological polar surface area (TPSA) is 40.6 Å². The van der Waals surface area contributed by atoms with Crippen molar-refractivity contribution in [2.24, 2.45) is 5.92 Å². The van der Waals surface area contributed by atoms with Crippen molar-refractivity contribution in [1.82, 2.24) is 4.98 Å². The summed E-state index contributed by atoms with van der Waals surface area (Å²) in [6, 6.07) is 14.4. The number of hydrogen-bond donors (Lipinski definition) is 0. The first-order valence-electron chi connectivity index (χ1n) is 11.5. The van der Waals surface area contributed by atoms with Gasteiger partial charge in [-0.1, -0.05) is 42.0 Å². The minimum Gasteiger partial charge on any atom is -0.483 e. The van der Waals surface area contributed by atoms with Crippen molar-refractivity contribution in [3.05, 3.63) is 101 Å². The molecule has 1 fully saturated rings. The lowest BCUT2D eigenvalue weighted by Gasteiger charge is -2.32. The second-order valence-corrected chi connectivity index (χ2v) is 9.00. The van der Waals surface area contributed by atoms with Crippen molar-refractivity contribution in [2.75, 3.05) is 6.61 Å². The van der Waals surface area contributed by atoms with E-state index in [1.54, 1.807) is 42.5 Å². The quantitative estimate of drug-likeness (QED) is 0.340. The highest BCUT2D eigenvalue weighted by atomic mass is 35.5. The van der Waals surface area contributed by atoms with Crippen LogP contribution >= 0.6 is 11.6 Å². The highest BCUT2D eigenvalue weighted by molar-refractivity contribution is 6.30. The van der Waals surface area contributed by atoms with Gasteiger partial charge < -0.3 is 14.2 Å². The van der Waals surface area contributed by atoms with Crippen molar-refractivity contribution in [3.63, 3.8) is 0 Å². The Kier molecular flexibility index (Phi) is 7.11. The Morgan fingerprint density at radius 2 is 1.86 bits per heavy atom. The van der Waals surface area contributed by atoms with Crippen LogP contribution in [0.15, 0.2) is 78.9 Å². The molecule has 4 nitrogen and oxygen atoms in total. The van der Waals surface area contributed by atoms with E-state index >= 15 is 4.39 Å². The predicted molar refractivity (Wildman–Crippen MR) is 131 cm³/mol. The molecule has 0 saturated carbocycles. The van der Waals surface area contributed by atoms with Crippen molar-refractivity contribution >= 4 is 11.6 Å². The van der Waals surface area contributed by atoms with Gasteiger partial charge >= 0.3 is 0 Å². The number of aromatic nitrogens is 1. The maximum atomic E-state index is 15.0. The summed E-state index contributed by atoms with van der Waals surface area (Å²) in [5.74, 6) is -0.301. The van der Waals surface area contributed by atoms with Crippen molar-refractivity contribution in [1.29, 1.82) is 0 Å². The van der Waals surface area contributed by atoms with Gasteiger partial charge in [0, 0.05) is 34.7 Å². The molecule has 7 heteroatoms. The number of pyridine rings is 1. The molecular formula is C28H24ClF2NO3. The standard InChI is InChI=1S/C28H24ClF2NO3/c29-21-10-8-20(23(30)16-21)17-34-28-7-3-5-25(32-28)18-9-11-27(24(31)15-18)35-26-6-2-1-4-19(26)14-22-12-13-33-22/h1-11,15-16,19,22,26H,12-14,17H2/t19-,22?,26?/m1/s1. The van der Waals surface area contributed by atoms with Gasteiger partial charge in [-0.2, -0.15) is 0 Å². The zero-order valence-corrected chi connectivity index (χ0v) is 19.6. The van der Waals surface area contributed by atoms with Crippen LogP contribution in [0.1, 0.15) is 18.4 Å². The predicted octanol–water partition coefficient (Wildman–Crippen LogP) is 6.93. The van der Waals surface area contributed by atoms with Crippen LogP contribution in [0.25, 0.3) is 11.3 Å². The lowest BCUT2D eigenvalue weighted by Crippen LogP contribution is -2.34. The molecule has 2 heterocycles. The fourth-order valence-electron chi connectivity index (χ4n) is 4.09. The molecule has 2 aliphatic rings. The first-order chi connectivity index (χ1) is 17.0. The summed E-state index contributed by atoms with van der Waals surface area (Å²) >= 11 is 5.79. The van der Waals surface area contributed by atoms with Gasteiger partial charge in [0.05, 0.1) is 11.8 Å². The number of halogens is 3. The van der Waals surface area contributed by atoms with Gasteiger partial charge in [0.1, 0.15) is 18.5 Å². The lowest BCUT2D eigenvalue weighted by molar-refractivity contribution is -0.0647. The molecule has 5 rings (SSSR count). The van der Waals surface area contributed by atoms with E-state index < -0.39 is 11.6 Å². The van der Waals surface area contributed by atoms with E-state index in [9.17, 15) is 4.39 Å². The van der Waals surface area contributed by atoms with E-state index in [1.165, 1.54) is 12.1 Å². The summed E-state index contributed by atoms with van der Waals surface area (Å²) in [4.78, 5) is 4.44. The molecule has 2 aromatic carbocycles. The van der Waals surface area contributed by atoms with Crippen LogP contribution in [-0.2, 0) is 11.3 Å². The molecule has 1 saturated heterocycles. The van der Waals surface area contributed by atoms with Gasteiger partial charge in [-0.15, -0.1) is 0 Å². The smallest absolute Gasteiger partial charge is 0.214 e. The summed E-state index contributed by atoms with van der Waals surface area (Å²) in [6.45, 7) is 0.799. The summed E-state index contributed by atoms with van der Waals surface area (Å²) in [7, 11) is 0. The Balaban J connectivity index is 1.26. The average Bonchev–Trinajstić information content (AvgIpc) is 2.83. The molecular weight excluding hydrogens is 472 g/mol. The number of hydrogen-bond acceptors (Lipinski definition) is 4. The van der Waals surface area contributed by atoms with Crippen molar-refractivity contribution in [2.45, 2.75) is 31.7 Å². The van der Waals surface area contributed by atoms with E-state index in [2.05, 4.69) is 11.1 Å². The summed E-state index contributed by atoms with van der Waals surface area (Å²) in [5.41, 5.74) is 1.48. The van der Waals surface area contributed by atoms with Crippen LogP contribution in [0, 0.1) is 17.6 Å². The normalized spacial score (nSPS) is 20.9. The second kappa shape index (κ2) is 10.6. The number of nitrogens with zero attached hydrogens (tertiary/aromatic N) is 1. The third-order valence-electron chi connectivity index (χ3n) is 6.13. The molecule has 0 N–H and O–H groups in total. The van der Waals surface area contributed by atoms with Crippen LogP contribution in [-0.4, -0.2) is 23.8 Å². The lowest BCUT2D eigenvalue weighted by atomic mass is 9.89. The maximum absolute atomic E-state index is 15.0. The first kappa shape index (κ1) is 23.5. The Hall–Kier alpha value is -3.22. The Bertz CT molecular complexity index is 1260. The third-order valence-corrected chi connectivity index (χ3v) is 6.36. The molecule has 0 amide bonds. The third kappa shape index (κ3) is 5.72. The summed E-state index contributed by atoms with van der Waals surface area (Å²) in [5, 5.41) is 0.319. The van der Waals surface area contributed by atoms with E-state index in [1.807, 2.05) is 18.2 Å². The Labute approximate surface area is 207 Å². The van der Waals surface area contributed by atoms with Gasteiger partial charge in [-0.3, -0.25) is 0 Å².